The van der Waals surface area contributed by atoms with E-state index in [2.05, 4.69) is 25.9 Å². The average Bonchev–Trinajstić information content (AvgIpc) is 3.67. The molecule has 12 nitrogen and oxygen atoms in total. The normalized spacial score (nSPS) is 21.5. The first-order valence-electron chi connectivity index (χ1n) is 15.2. The van der Waals surface area contributed by atoms with Crippen molar-refractivity contribution in [2.75, 3.05) is 50.8 Å². The van der Waals surface area contributed by atoms with Crippen LogP contribution in [0.3, 0.4) is 0 Å². The van der Waals surface area contributed by atoms with Gasteiger partial charge in [0.15, 0.2) is 5.82 Å². The molecule has 45 heavy (non-hydrogen) atoms. The number of pyridine rings is 2. The Balaban J connectivity index is 1.25. The van der Waals surface area contributed by atoms with Gasteiger partial charge < -0.3 is 24.4 Å². The molecule has 1 aromatic carbocycles. The van der Waals surface area contributed by atoms with Gasteiger partial charge in [-0.25, -0.2) is 9.18 Å². The highest BCUT2D eigenvalue weighted by atomic mass is 19.1. The average molecular weight is 613 g/mol. The summed E-state index contributed by atoms with van der Waals surface area (Å²) in [7, 11) is 0. The minimum atomic E-state index is -1.08. The number of likely N-dealkylation sites (tertiary alicyclic amines) is 1. The summed E-state index contributed by atoms with van der Waals surface area (Å²) >= 11 is 0. The summed E-state index contributed by atoms with van der Waals surface area (Å²) in [4.78, 5) is 35.5. The Morgan fingerprint density at radius 3 is 2.89 bits per heavy atom. The lowest BCUT2D eigenvalue weighted by Gasteiger charge is -2.39. The zero-order chi connectivity index (χ0) is 31.1. The zero-order valence-corrected chi connectivity index (χ0v) is 24.9. The van der Waals surface area contributed by atoms with Gasteiger partial charge in [-0.05, 0) is 30.7 Å². The Bertz CT molecular complexity index is 1810. The summed E-state index contributed by atoms with van der Waals surface area (Å²) in [5.74, 6) is -0.230. The van der Waals surface area contributed by atoms with Crippen molar-refractivity contribution in [1.29, 1.82) is 5.26 Å². The second-order valence-electron chi connectivity index (χ2n) is 11.9. The van der Waals surface area contributed by atoms with Crippen molar-refractivity contribution >= 4 is 33.6 Å². The Hall–Kier alpha value is -4.67. The lowest BCUT2D eigenvalue weighted by atomic mass is 10.00. The van der Waals surface area contributed by atoms with Crippen LogP contribution in [-0.2, 0) is 4.74 Å². The maximum Gasteiger partial charge on any atom is 0.407 e. The van der Waals surface area contributed by atoms with Crippen LogP contribution >= 0.6 is 0 Å². The van der Waals surface area contributed by atoms with Gasteiger partial charge in [0.25, 0.3) is 0 Å². The molecule has 3 saturated heterocycles. The Morgan fingerprint density at radius 2 is 2.11 bits per heavy atom. The number of halogens is 1. The monoisotopic (exact) mass is 612 g/mol. The molecular formula is C32H33FN8O4. The molecule has 3 aromatic heterocycles. The molecule has 232 valence electrons. The molecule has 0 unspecified atom stereocenters. The van der Waals surface area contributed by atoms with Crippen molar-refractivity contribution in [3.05, 3.63) is 48.2 Å². The third-order valence-electron chi connectivity index (χ3n) is 9.08. The van der Waals surface area contributed by atoms with E-state index in [1.165, 1.54) is 4.90 Å². The predicted octanol–water partition coefficient (Wildman–Crippen LogP) is 4.01. The summed E-state index contributed by atoms with van der Waals surface area (Å²) in [6.45, 7) is 5.54. The number of hydrogen-bond acceptors (Lipinski definition) is 10. The molecule has 1 amide bonds. The van der Waals surface area contributed by atoms with Gasteiger partial charge in [-0.15, -0.1) is 0 Å². The summed E-state index contributed by atoms with van der Waals surface area (Å²) in [6, 6.07) is 7.83. The lowest BCUT2D eigenvalue weighted by Crippen LogP contribution is -2.55. The Morgan fingerprint density at radius 1 is 1.22 bits per heavy atom. The van der Waals surface area contributed by atoms with E-state index in [1.807, 2.05) is 30.0 Å². The lowest BCUT2D eigenvalue weighted by molar-refractivity contribution is 0.0287. The van der Waals surface area contributed by atoms with Crippen molar-refractivity contribution < 1.29 is 23.8 Å². The van der Waals surface area contributed by atoms with Crippen molar-refractivity contribution in [1.82, 2.24) is 29.7 Å². The SMILES string of the molecule is Cc1cccc2cncc(-c3ncc4c(N5CCN(C(=O)O)[C@@H](CC#N)C5)nc(OCCCN5C[C@@H]6C[C@H]5CO6)nc4c3F)c12. The zero-order valence-electron chi connectivity index (χ0n) is 24.9. The molecule has 13 heteroatoms. The number of rotatable bonds is 8. The summed E-state index contributed by atoms with van der Waals surface area (Å²) in [5.41, 5.74) is 1.70. The highest BCUT2D eigenvalue weighted by Crippen LogP contribution is 2.36. The number of carboxylic acid groups (broad SMARTS) is 1. The van der Waals surface area contributed by atoms with Crippen molar-refractivity contribution in [3.63, 3.8) is 0 Å². The summed E-state index contributed by atoms with van der Waals surface area (Å²) < 4.78 is 28.3. The number of fused-ring (bicyclic) bond motifs is 4. The van der Waals surface area contributed by atoms with E-state index >= 15 is 4.39 Å². The van der Waals surface area contributed by atoms with Crippen LogP contribution in [-0.4, -0.2) is 105 Å². The van der Waals surface area contributed by atoms with E-state index in [4.69, 9.17) is 14.5 Å². The number of benzene rings is 1. The number of aromatic nitrogens is 4. The third-order valence-corrected chi connectivity index (χ3v) is 9.08. The second kappa shape index (κ2) is 12.0. The topological polar surface area (TPSA) is 141 Å². The van der Waals surface area contributed by atoms with E-state index in [-0.39, 0.29) is 36.7 Å². The van der Waals surface area contributed by atoms with Gasteiger partial charge in [-0.2, -0.15) is 15.2 Å². The molecule has 0 saturated carbocycles. The molecule has 0 spiro atoms. The molecule has 4 aromatic rings. The summed E-state index contributed by atoms with van der Waals surface area (Å²) in [5, 5.41) is 21.2. The van der Waals surface area contributed by atoms with Crippen LogP contribution in [0.15, 0.2) is 36.8 Å². The van der Waals surface area contributed by atoms with Gasteiger partial charge in [-0.1, -0.05) is 18.2 Å². The van der Waals surface area contributed by atoms with E-state index in [0.717, 1.165) is 48.9 Å². The van der Waals surface area contributed by atoms with E-state index in [9.17, 15) is 15.2 Å². The highest BCUT2D eigenvalue weighted by molar-refractivity contribution is 6.00. The fraction of sp³-hybridized carbons (Fsp3) is 0.438. The fourth-order valence-corrected chi connectivity index (χ4v) is 6.88. The molecule has 0 aliphatic carbocycles. The third kappa shape index (κ3) is 5.44. The molecule has 0 radical (unpaired) electrons. The number of ether oxygens (including phenoxy) is 2. The number of morpholine rings is 1. The number of hydrogen-bond donors (Lipinski definition) is 1. The van der Waals surface area contributed by atoms with Crippen LogP contribution < -0.4 is 9.64 Å². The maximum absolute atomic E-state index is 16.6. The smallest absolute Gasteiger partial charge is 0.407 e. The van der Waals surface area contributed by atoms with E-state index in [1.54, 1.807) is 18.6 Å². The molecule has 3 aliphatic rings. The first-order valence-corrected chi connectivity index (χ1v) is 15.2. The molecule has 2 bridgehead atoms. The van der Waals surface area contributed by atoms with Gasteiger partial charge in [0.1, 0.15) is 17.0 Å². The highest BCUT2D eigenvalue weighted by Gasteiger charge is 2.38. The number of anilines is 1. The number of nitriles is 1. The van der Waals surface area contributed by atoms with Crippen molar-refractivity contribution in [2.24, 2.45) is 0 Å². The van der Waals surface area contributed by atoms with Gasteiger partial charge in [0.2, 0.25) is 0 Å². The Kier molecular flexibility index (Phi) is 7.76. The van der Waals surface area contributed by atoms with Gasteiger partial charge in [-0.3, -0.25) is 14.9 Å². The minimum absolute atomic E-state index is 0.0166. The number of carbonyl (C=O) groups is 1. The fourth-order valence-electron chi connectivity index (χ4n) is 6.88. The first-order chi connectivity index (χ1) is 21.9. The molecule has 7 rings (SSSR count). The van der Waals surface area contributed by atoms with Crippen LogP contribution in [0.1, 0.15) is 24.8 Å². The molecule has 1 N–H and O–H groups in total. The van der Waals surface area contributed by atoms with Gasteiger partial charge >= 0.3 is 12.1 Å². The van der Waals surface area contributed by atoms with Crippen molar-refractivity contribution in [2.45, 2.75) is 44.4 Å². The second-order valence-corrected chi connectivity index (χ2v) is 11.9. The molecular weight excluding hydrogens is 579 g/mol. The number of aryl methyl sites for hydroxylation is 1. The number of piperazine rings is 1. The van der Waals surface area contributed by atoms with Gasteiger partial charge in [0.05, 0.1) is 43.2 Å². The predicted molar refractivity (Wildman–Crippen MR) is 164 cm³/mol. The first kappa shape index (κ1) is 29.1. The number of nitrogens with zero attached hydrogens (tertiary/aromatic N) is 8. The van der Waals surface area contributed by atoms with E-state index in [0.29, 0.717) is 42.1 Å². The van der Waals surface area contributed by atoms with E-state index < -0.39 is 18.0 Å². The molecule has 3 fully saturated rings. The van der Waals surface area contributed by atoms with Crippen LogP contribution in [0.4, 0.5) is 15.0 Å². The van der Waals surface area contributed by atoms with Crippen LogP contribution in [0.2, 0.25) is 0 Å². The minimum Gasteiger partial charge on any atom is -0.465 e. The summed E-state index contributed by atoms with van der Waals surface area (Å²) in [6.07, 6.45) is 5.97. The quantitative estimate of drug-likeness (QED) is 0.289. The van der Waals surface area contributed by atoms with Gasteiger partial charge in [0, 0.05) is 68.3 Å². The largest absolute Gasteiger partial charge is 0.465 e. The molecule has 3 aliphatic heterocycles. The number of amides is 1. The maximum atomic E-state index is 16.6. The standard InChI is InChI=1S/C32H33FN8O4/c1-19-4-2-5-20-13-35-14-24(26(19)20)28-27(33)29-25(15-36-28)30(40-9-10-41(32(42)43)21(16-40)6-7-34)38-31(37-29)44-11-3-8-39-17-23-12-22(39)18-45-23/h2,4-5,13-15,21-23H,3,6,8-12,16-18H2,1H3,(H,42,43)/t21-,22-,23-/m0/s1. The van der Waals surface area contributed by atoms with Crippen molar-refractivity contribution in [3.8, 4) is 23.3 Å². The molecule has 6 heterocycles. The van der Waals surface area contributed by atoms with Crippen LogP contribution in [0.25, 0.3) is 32.9 Å². The van der Waals surface area contributed by atoms with Crippen LogP contribution in [0.5, 0.6) is 6.01 Å². The Labute approximate surface area is 259 Å². The molecule has 3 atom stereocenters. The van der Waals surface area contributed by atoms with Crippen LogP contribution in [0, 0.1) is 24.1 Å².